The summed E-state index contributed by atoms with van der Waals surface area (Å²) in [5.74, 6) is -0.374. The van der Waals surface area contributed by atoms with E-state index in [1.54, 1.807) is 88.7 Å². The highest BCUT2D eigenvalue weighted by molar-refractivity contribution is 5.55. The van der Waals surface area contributed by atoms with E-state index in [2.05, 4.69) is 0 Å². The first-order chi connectivity index (χ1) is 20.1. The van der Waals surface area contributed by atoms with Crippen LogP contribution in [0.25, 0.3) is 11.4 Å². The molecule has 0 atom stereocenters. The van der Waals surface area contributed by atoms with E-state index >= 15 is 0 Å². The molecule has 3 aromatic carbocycles. The fraction of sp³-hybridized carbons (Fsp3) is 0.176. The van der Waals surface area contributed by atoms with E-state index in [0.29, 0.717) is 39.8 Å². The average molecular weight is 565 g/mol. The van der Waals surface area contributed by atoms with Crippen LogP contribution in [0.3, 0.4) is 0 Å². The Hall–Kier alpha value is -5.24. The third kappa shape index (κ3) is 5.03. The van der Waals surface area contributed by atoms with Gasteiger partial charge < -0.3 is 19.7 Å². The van der Waals surface area contributed by atoms with Gasteiger partial charge in [-0.15, -0.1) is 0 Å². The Bertz CT molecular complexity index is 1750. The van der Waals surface area contributed by atoms with Crippen LogP contribution in [-0.2, 0) is 0 Å². The number of nitrogens with zero attached hydrogens (tertiary/aromatic N) is 2. The monoisotopic (exact) mass is 564 g/mol. The van der Waals surface area contributed by atoms with Gasteiger partial charge in [-0.25, -0.2) is 0 Å². The second kappa shape index (κ2) is 11.3. The van der Waals surface area contributed by atoms with Crippen LogP contribution in [0.2, 0.25) is 0 Å². The van der Waals surface area contributed by atoms with Crippen LogP contribution in [0, 0.1) is 20.8 Å². The number of benzene rings is 3. The molecule has 0 unspecified atom stereocenters. The molecule has 2 heterocycles. The minimum absolute atomic E-state index is 0.0298. The van der Waals surface area contributed by atoms with Crippen molar-refractivity contribution in [2.24, 2.45) is 0 Å². The van der Waals surface area contributed by atoms with Crippen molar-refractivity contribution in [3.05, 3.63) is 139 Å². The number of aromatic hydroxyl groups is 2. The van der Waals surface area contributed by atoms with Crippen LogP contribution in [0.4, 0.5) is 0 Å². The zero-order chi connectivity index (χ0) is 30.1. The van der Waals surface area contributed by atoms with Crippen molar-refractivity contribution in [2.45, 2.75) is 26.7 Å². The fourth-order valence-corrected chi connectivity index (χ4v) is 5.34. The Kier molecular flexibility index (Phi) is 7.63. The molecule has 8 heteroatoms. The molecule has 0 saturated carbocycles. The van der Waals surface area contributed by atoms with Gasteiger partial charge in [-0.05, 0) is 74.9 Å². The van der Waals surface area contributed by atoms with Gasteiger partial charge in [-0.3, -0.25) is 18.7 Å². The first kappa shape index (κ1) is 28.3. The van der Waals surface area contributed by atoms with E-state index in [1.807, 2.05) is 19.1 Å². The summed E-state index contributed by atoms with van der Waals surface area (Å²) in [6, 6.07) is 24.3. The molecule has 0 fully saturated rings. The molecule has 2 aromatic heterocycles. The Balaban J connectivity index is 1.83. The van der Waals surface area contributed by atoms with Gasteiger partial charge in [0.25, 0.3) is 11.1 Å². The number of rotatable bonds is 7. The fourth-order valence-electron chi connectivity index (χ4n) is 5.34. The Labute approximate surface area is 243 Å². The van der Waals surface area contributed by atoms with Crippen LogP contribution < -0.4 is 20.6 Å². The molecule has 8 nitrogen and oxygen atoms in total. The largest absolute Gasteiger partial charge is 0.507 e. The number of pyridine rings is 2. The average Bonchev–Trinajstić information content (AvgIpc) is 2.97. The van der Waals surface area contributed by atoms with Gasteiger partial charge >= 0.3 is 0 Å². The summed E-state index contributed by atoms with van der Waals surface area (Å²) in [5, 5.41) is 22.6. The second-order valence-electron chi connectivity index (χ2n) is 10.2. The summed E-state index contributed by atoms with van der Waals surface area (Å²) in [4.78, 5) is 28.6. The maximum Gasteiger partial charge on any atom is 0.263 e. The maximum absolute atomic E-state index is 14.3. The van der Waals surface area contributed by atoms with Crippen LogP contribution in [0.15, 0.2) is 94.5 Å². The summed E-state index contributed by atoms with van der Waals surface area (Å²) >= 11 is 0. The van der Waals surface area contributed by atoms with Crippen LogP contribution in [-0.4, -0.2) is 33.6 Å². The number of methoxy groups -OCH3 is 2. The summed E-state index contributed by atoms with van der Waals surface area (Å²) in [6.45, 7) is 5.37. The van der Waals surface area contributed by atoms with Crippen molar-refractivity contribution >= 4 is 0 Å². The lowest BCUT2D eigenvalue weighted by Gasteiger charge is -2.23. The predicted molar refractivity (Wildman–Crippen MR) is 162 cm³/mol. The lowest BCUT2D eigenvalue weighted by Crippen LogP contribution is -2.31. The van der Waals surface area contributed by atoms with Crippen molar-refractivity contribution < 1.29 is 19.7 Å². The molecule has 214 valence electrons. The first-order valence-electron chi connectivity index (χ1n) is 13.4. The zero-order valence-electron chi connectivity index (χ0n) is 24.1. The van der Waals surface area contributed by atoms with Crippen molar-refractivity contribution in [1.29, 1.82) is 0 Å². The molecule has 42 heavy (non-hydrogen) atoms. The molecule has 0 saturated heterocycles. The Morgan fingerprint density at radius 2 is 0.976 bits per heavy atom. The normalized spacial score (nSPS) is 11.1. The maximum atomic E-state index is 14.3. The molecule has 0 bridgehead atoms. The van der Waals surface area contributed by atoms with E-state index in [1.165, 1.54) is 21.3 Å². The van der Waals surface area contributed by atoms with Crippen LogP contribution >= 0.6 is 0 Å². The SMILES string of the molecule is COc1ccc(-n2c(C)cc(O)c(C(c3ccc(C)cc3)c3c(O)cc(C)n(-c4ccc(OC)cc4)c3=O)c2=O)cc1. The zero-order valence-corrected chi connectivity index (χ0v) is 24.1. The Morgan fingerprint density at radius 3 is 1.33 bits per heavy atom. The lowest BCUT2D eigenvalue weighted by molar-refractivity contribution is 0.414. The minimum atomic E-state index is -1.08. The van der Waals surface area contributed by atoms with Gasteiger partial charge in [-0.2, -0.15) is 0 Å². The molecule has 0 aliphatic rings. The molecular weight excluding hydrogens is 532 g/mol. The highest BCUT2D eigenvalue weighted by Gasteiger charge is 2.31. The molecule has 2 N–H and O–H groups in total. The van der Waals surface area contributed by atoms with E-state index in [0.717, 1.165) is 5.56 Å². The van der Waals surface area contributed by atoms with Crippen molar-refractivity contribution in [1.82, 2.24) is 9.13 Å². The van der Waals surface area contributed by atoms with Crippen LogP contribution in [0.1, 0.15) is 39.6 Å². The molecule has 0 aliphatic heterocycles. The molecule has 5 aromatic rings. The number of aromatic nitrogens is 2. The van der Waals surface area contributed by atoms with Gasteiger partial charge in [-0.1, -0.05) is 29.8 Å². The minimum Gasteiger partial charge on any atom is -0.507 e. The smallest absolute Gasteiger partial charge is 0.263 e. The third-order valence-corrected chi connectivity index (χ3v) is 7.46. The number of aryl methyl sites for hydroxylation is 3. The van der Waals surface area contributed by atoms with Gasteiger partial charge in [0.05, 0.1) is 31.3 Å². The highest BCUT2D eigenvalue weighted by Crippen LogP contribution is 2.38. The second-order valence-corrected chi connectivity index (χ2v) is 10.2. The number of ether oxygens (including phenoxy) is 2. The summed E-state index contributed by atoms with van der Waals surface area (Å²) in [7, 11) is 3.12. The van der Waals surface area contributed by atoms with Gasteiger partial charge in [0, 0.05) is 34.9 Å². The summed E-state index contributed by atoms with van der Waals surface area (Å²) in [5.41, 5.74) is 2.57. The first-order valence-corrected chi connectivity index (χ1v) is 13.4. The molecule has 0 amide bonds. The standard InChI is InChI=1S/C34H32N2O6/c1-20-6-8-23(9-7-20)30(31-28(37)18-21(2)35(33(31)39)24-10-14-26(41-4)15-11-24)32-29(38)19-22(3)36(34(32)40)25-12-16-27(42-5)17-13-25/h6-19,30,37-38H,1-5H3. The lowest BCUT2D eigenvalue weighted by atomic mass is 9.84. The van der Waals surface area contributed by atoms with Crippen molar-refractivity contribution in [2.75, 3.05) is 14.2 Å². The molecule has 5 rings (SSSR count). The van der Waals surface area contributed by atoms with Gasteiger partial charge in [0.2, 0.25) is 0 Å². The van der Waals surface area contributed by atoms with E-state index in [9.17, 15) is 19.8 Å². The van der Waals surface area contributed by atoms with E-state index in [4.69, 9.17) is 9.47 Å². The molecule has 0 radical (unpaired) electrons. The number of hydrogen-bond acceptors (Lipinski definition) is 6. The molecule has 0 aliphatic carbocycles. The number of hydrogen-bond donors (Lipinski definition) is 2. The van der Waals surface area contributed by atoms with Crippen molar-refractivity contribution in [3.63, 3.8) is 0 Å². The topological polar surface area (TPSA) is 103 Å². The Morgan fingerprint density at radius 1 is 0.595 bits per heavy atom. The summed E-state index contributed by atoms with van der Waals surface area (Å²) in [6.07, 6.45) is 0. The van der Waals surface area contributed by atoms with Crippen LogP contribution in [0.5, 0.6) is 23.0 Å². The van der Waals surface area contributed by atoms with Gasteiger partial charge in [0.15, 0.2) is 0 Å². The summed E-state index contributed by atoms with van der Waals surface area (Å²) < 4.78 is 13.5. The predicted octanol–water partition coefficient (Wildman–Crippen LogP) is 5.52. The van der Waals surface area contributed by atoms with E-state index < -0.39 is 17.0 Å². The van der Waals surface area contributed by atoms with E-state index in [-0.39, 0.29) is 22.6 Å². The molecular formula is C34H32N2O6. The highest BCUT2D eigenvalue weighted by atomic mass is 16.5. The molecule has 0 spiro atoms. The quantitative estimate of drug-likeness (QED) is 0.270. The van der Waals surface area contributed by atoms with Gasteiger partial charge in [0.1, 0.15) is 23.0 Å². The van der Waals surface area contributed by atoms with Crippen molar-refractivity contribution in [3.8, 4) is 34.4 Å². The third-order valence-electron chi connectivity index (χ3n) is 7.46.